The molecule has 2 N–H and O–H groups in total. The van der Waals surface area contributed by atoms with Crippen LogP contribution >= 0.6 is 0 Å². The average Bonchev–Trinajstić information content (AvgIpc) is 2.97. The summed E-state index contributed by atoms with van der Waals surface area (Å²) in [6.45, 7) is 0.804. The standard InChI is InChI=1S/C22H24N4/c23-14-15-11-19-7-8-20(12-15)26(19)22-24-10-9-21(25-22)18-6-5-16-3-1-2-4-17(16)13-18/h1-6,9-10,13,15,19-20H,7-8,11-12,14,23H2/t15?,19-,20+. The molecule has 26 heavy (non-hydrogen) atoms. The van der Waals surface area contributed by atoms with E-state index in [-0.39, 0.29) is 0 Å². The summed E-state index contributed by atoms with van der Waals surface area (Å²) in [6.07, 6.45) is 6.74. The second kappa shape index (κ2) is 6.36. The molecular formula is C22H24N4. The molecule has 0 aliphatic carbocycles. The van der Waals surface area contributed by atoms with Crippen LogP contribution in [0.25, 0.3) is 22.0 Å². The monoisotopic (exact) mass is 344 g/mol. The maximum atomic E-state index is 5.94. The Hall–Kier alpha value is -2.46. The van der Waals surface area contributed by atoms with Crippen molar-refractivity contribution in [1.82, 2.24) is 9.97 Å². The molecule has 3 aromatic rings. The Morgan fingerprint density at radius 3 is 2.50 bits per heavy atom. The lowest BCUT2D eigenvalue weighted by Gasteiger charge is -2.38. The van der Waals surface area contributed by atoms with Gasteiger partial charge in [0.25, 0.3) is 0 Å². The van der Waals surface area contributed by atoms with Crippen LogP contribution in [0.1, 0.15) is 25.7 Å². The van der Waals surface area contributed by atoms with Gasteiger partial charge in [0.1, 0.15) is 0 Å². The quantitative estimate of drug-likeness (QED) is 0.780. The minimum atomic E-state index is 0.550. The molecule has 0 saturated carbocycles. The molecule has 3 heterocycles. The van der Waals surface area contributed by atoms with E-state index in [1.54, 1.807) is 0 Å². The molecule has 1 aromatic heterocycles. The largest absolute Gasteiger partial charge is 0.335 e. The highest BCUT2D eigenvalue weighted by Crippen LogP contribution is 2.40. The fourth-order valence-corrected chi connectivity index (χ4v) is 4.79. The van der Waals surface area contributed by atoms with Crippen LogP contribution in [0.4, 0.5) is 5.95 Å². The summed E-state index contributed by atoms with van der Waals surface area (Å²) < 4.78 is 0. The van der Waals surface area contributed by atoms with Crippen LogP contribution in [0.2, 0.25) is 0 Å². The van der Waals surface area contributed by atoms with Crippen LogP contribution < -0.4 is 10.6 Å². The van der Waals surface area contributed by atoms with Gasteiger partial charge in [0, 0.05) is 23.8 Å². The normalized spacial score (nSPS) is 25.0. The van der Waals surface area contributed by atoms with E-state index >= 15 is 0 Å². The lowest BCUT2D eigenvalue weighted by atomic mass is 9.91. The Morgan fingerprint density at radius 1 is 0.962 bits per heavy atom. The summed E-state index contributed by atoms with van der Waals surface area (Å²) in [5.74, 6) is 1.55. The third-order valence-corrected chi connectivity index (χ3v) is 6.08. The van der Waals surface area contributed by atoms with Gasteiger partial charge in [0.05, 0.1) is 5.69 Å². The molecule has 5 rings (SSSR count). The fourth-order valence-electron chi connectivity index (χ4n) is 4.79. The first kappa shape index (κ1) is 15.8. The number of nitrogens with two attached hydrogens (primary N) is 1. The predicted molar refractivity (Wildman–Crippen MR) is 106 cm³/mol. The first-order chi connectivity index (χ1) is 12.8. The average molecular weight is 344 g/mol. The van der Waals surface area contributed by atoms with Crippen LogP contribution in [0.15, 0.2) is 54.7 Å². The Balaban J connectivity index is 1.49. The molecule has 3 atom stereocenters. The van der Waals surface area contributed by atoms with Crippen LogP contribution in [0.3, 0.4) is 0 Å². The van der Waals surface area contributed by atoms with Crippen molar-refractivity contribution in [2.45, 2.75) is 37.8 Å². The molecular weight excluding hydrogens is 320 g/mol. The minimum Gasteiger partial charge on any atom is -0.335 e. The highest BCUT2D eigenvalue weighted by molar-refractivity contribution is 5.86. The highest BCUT2D eigenvalue weighted by Gasteiger charge is 2.41. The molecule has 1 unspecified atom stereocenters. The van der Waals surface area contributed by atoms with Crippen molar-refractivity contribution in [3.8, 4) is 11.3 Å². The number of anilines is 1. The molecule has 2 bridgehead atoms. The van der Waals surface area contributed by atoms with Gasteiger partial charge in [0.2, 0.25) is 5.95 Å². The van der Waals surface area contributed by atoms with Crippen molar-refractivity contribution in [2.24, 2.45) is 11.7 Å². The van der Waals surface area contributed by atoms with Gasteiger partial charge in [-0.2, -0.15) is 0 Å². The number of fused-ring (bicyclic) bond motifs is 3. The van der Waals surface area contributed by atoms with Crippen LogP contribution in [0, 0.1) is 5.92 Å². The zero-order valence-electron chi connectivity index (χ0n) is 14.9. The zero-order valence-corrected chi connectivity index (χ0v) is 14.9. The molecule has 2 fully saturated rings. The second-order valence-corrected chi connectivity index (χ2v) is 7.67. The lowest BCUT2D eigenvalue weighted by Crippen LogP contribution is -2.45. The van der Waals surface area contributed by atoms with E-state index in [1.807, 2.05) is 12.3 Å². The summed E-state index contributed by atoms with van der Waals surface area (Å²) in [6, 6.07) is 18.1. The summed E-state index contributed by atoms with van der Waals surface area (Å²) in [5, 5.41) is 2.50. The molecule has 2 saturated heterocycles. The lowest BCUT2D eigenvalue weighted by molar-refractivity contribution is 0.343. The maximum absolute atomic E-state index is 5.94. The summed E-state index contributed by atoms with van der Waals surface area (Å²) in [5.41, 5.74) is 8.09. The van der Waals surface area contributed by atoms with Crippen LogP contribution in [-0.4, -0.2) is 28.6 Å². The SMILES string of the molecule is NCC1C[C@H]2CC[C@@H](C1)N2c1nccc(-c2ccc3ccccc3c2)n1. The number of hydrogen-bond donors (Lipinski definition) is 1. The van der Waals surface area contributed by atoms with E-state index in [9.17, 15) is 0 Å². The Bertz CT molecular complexity index is 924. The first-order valence-corrected chi connectivity index (χ1v) is 9.62. The number of benzene rings is 2. The molecule has 0 spiro atoms. The smallest absolute Gasteiger partial charge is 0.226 e. The van der Waals surface area contributed by atoms with E-state index in [0.29, 0.717) is 18.0 Å². The van der Waals surface area contributed by atoms with E-state index in [4.69, 9.17) is 10.7 Å². The van der Waals surface area contributed by atoms with Crippen molar-refractivity contribution in [3.05, 3.63) is 54.7 Å². The van der Waals surface area contributed by atoms with E-state index in [1.165, 1.54) is 36.5 Å². The van der Waals surface area contributed by atoms with Gasteiger partial charge < -0.3 is 10.6 Å². The molecule has 2 aromatic carbocycles. The van der Waals surface area contributed by atoms with Crippen LogP contribution in [0.5, 0.6) is 0 Å². The number of nitrogens with zero attached hydrogens (tertiary/aromatic N) is 3. The predicted octanol–water partition coefficient (Wildman–Crippen LogP) is 4.00. The van der Waals surface area contributed by atoms with Gasteiger partial charge in [-0.25, -0.2) is 9.97 Å². The van der Waals surface area contributed by atoms with Crippen molar-refractivity contribution in [3.63, 3.8) is 0 Å². The summed E-state index contributed by atoms with van der Waals surface area (Å²) in [4.78, 5) is 12.0. The molecule has 0 radical (unpaired) electrons. The second-order valence-electron chi connectivity index (χ2n) is 7.67. The molecule has 2 aliphatic rings. The topological polar surface area (TPSA) is 55.0 Å². The van der Waals surface area contributed by atoms with Gasteiger partial charge in [-0.1, -0.05) is 36.4 Å². The van der Waals surface area contributed by atoms with Gasteiger partial charge >= 0.3 is 0 Å². The highest BCUT2D eigenvalue weighted by atomic mass is 15.3. The molecule has 0 amide bonds. The van der Waals surface area contributed by atoms with Gasteiger partial charge in [-0.15, -0.1) is 0 Å². The van der Waals surface area contributed by atoms with Gasteiger partial charge in [0.15, 0.2) is 0 Å². The minimum absolute atomic E-state index is 0.550. The first-order valence-electron chi connectivity index (χ1n) is 9.62. The van der Waals surface area contributed by atoms with Crippen molar-refractivity contribution >= 4 is 16.7 Å². The number of rotatable bonds is 3. The van der Waals surface area contributed by atoms with E-state index in [2.05, 4.69) is 52.3 Å². The molecule has 4 nitrogen and oxygen atoms in total. The van der Waals surface area contributed by atoms with Gasteiger partial charge in [-0.05, 0) is 61.1 Å². The number of hydrogen-bond acceptors (Lipinski definition) is 4. The van der Waals surface area contributed by atoms with E-state index < -0.39 is 0 Å². The number of piperidine rings is 1. The third kappa shape index (κ3) is 2.65. The summed E-state index contributed by atoms with van der Waals surface area (Å²) >= 11 is 0. The molecule has 132 valence electrons. The Labute approximate surface area is 154 Å². The maximum Gasteiger partial charge on any atom is 0.226 e. The van der Waals surface area contributed by atoms with E-state index in [0.717, 1.165) is 23.8 Å². The Morgan fingerprint density at radius 2 is 1.73 bits per heavy atom. The molecule has 2 aliphatic heterocycles. The van der Waals surface area contributed by atoms with Crippen molar-refractivity contribution < 1.29 is 0 Å². The molecule has 4 heteroatoms. The Kier molecular flexibility index (Phi) is 3.86. The zero-order chi connectivity index (χ0) is 17.5. The number of aromatic nitrogens is 2. The van der Waals surface area contributed by atoms with Crippen LogP contribution in [-0.2, 0) is 0 Å². The van der Waals surface area contributed by atoms with Gasteiger partial charge in [-0.3, -0.25) is 0 Å². The summed E-state index contributed by atoms with van der Waals surface area (Å²) in [7, 11) is 0. The fraction of sp³-hybridized carbons (Fsp3) is 0.364. The third-order valence-electron chi connectivity index (χ3n) is 6.08. The van der Waals surface area contributed by atoms with Crippen molar-refractivity contribution in [2.75, 3.05) is 11.4 Å². The van der Waals surface area contributed by atoms with Crippen molar-refractivity contribution in [1.29, 1.82) is 0 Å².